The van der Waals surface area contributed by atoms with Crippen LogP contribution in [0.5, 0.6) is 11.5 Å². The second kappa shape index (κ2) is 9.30. The van der Waals surface area contributed by atoms with Crippen LogP contribution in [-0.4, -0.2) is 79.2 Å². The number of anilines is 1. The van der Waals surface area contributed by atoms with E-state index in [4.69, 9.17) is 9.47 Å². The maximum Gasteiger partial charge on any atom is 0.236 e. The molecular weight excluding hydrogens is 382 g/mol. The van der Waals surface area contributed by atoms with E-state index in [-0.39, 0.29) is 11.9 Å². The van der Waals surface area contributed by atoms with Gasteiger partial charge in [-0.15, -0.1) is 0 Å². The first kappa shape index (κ1) is 20.4. The lowest BCUT2D eigenvalue weighted by molar-refractivity contribution is -0.133. The molecule has 0 bridgehead atoms. The number of piperazine rings is 1. The lowest BCUT2D eigenvalue weighted by Crippen LogP contribution is -2.51. The molecule has 2 saturated heterocycles. The minimum Gasteiger partial charge on any atom is -0.497 e. The third-order valence-corrected chi connectivity index (χ3v) is 5.97. The molecular formula is C22H29N5O3. The van der Waals surface area contributed by atoms with Crippen LogP contribution in [0.2, 0.25) is 0 Å². The van der Waals surface area contributed by atoms with Crippen molar-refractivity contribution < 1.29 is 14.3 Å². The zero-order valence-corrected chi connectivity index (χ0v) is 17.7. The van der Waals surface area contributed by atoms with E-state index in [2.05, 4.69) is 25.8 Å². The Balaban J connectivity index is 1.37. The molecule has 0 spiro atoms. The Morgan fingerprint density at radius 1 is 1.07 bits per heavy atom. The van der Waals surface area contributed by atoms with Crippen LogP contribution < -0.4 is 14.4 Å². The molecule has 30 heavy (non-hydrogen) atoms. The van der Waals surface area contributed by atoms with E-state index in [1.165, 1.54) is 0 Å². The van der Waals surface area contributed by atoms with Crippen molar-refractivity contribution in [2.24, 2.45) is 0 Å². The summed E-state index contributed by atoms with van der Waals surface area (Å²) < 4.78 is 10.9. The highest BCUT2D eigenvalue weighted by atomic mass is 16.5. The Bertz CT molecular complexity index is 855. The van der Waals surface area contributed by atoms with Crippen molar-refractivity contribution in [2.45, 2.75) is 18.9 Å². The molecule has 0 radical (unpaired) electrons. The summed E-state index contributed by atoms with van der Waals surface area (Å²) >= 11 is 0. The van der Waals surface area contributed by atoms with Crippen LogP contribution in [0.4, 0.5) is 5.95 Å². The molecule has 2 aliphatic heterocycles. The summed E-state index contributed by atoms with van der Waals surface area (Å²) in [5, 5.41) is 0. The summed E-state index contributed by atoms with van der Waals surface area (Å²) in [5.41, 5.74) is 1.12. The summed E-state index contributed by atoms with van der Waals surface area (Å²) in [6.07, 6.45) is 5.60. The smallest absolute Gasteiger partial charge is 0.236 e. The fourth-order valence-corrected chi connectivity index (χ4v) is 4.35. The van der Waals surface area contributed by atoms with Crippen LogP contribution in [-0.2, 0) is 4.79 Å². The largest absolute Gasteiger partial charge is 0.497 e. The van der Waals surface area contributed by atoms with Crippen LogP contribution >= 0.6 is 0 Å². The van der Waals surface area contributed by atoms with Crippen LogP contribution in [0.25, 0.3) is 0 Å². The molecule has 8 nitrogen and oxygen atoms in total. The molecule has 3 heterocycles. The van der Waals surface area contributed by atoms with Gasteiger partial charge in [-0.25, -0.2) is 9.97 Å². The monoisotopic (exact) mass is 411 g/mol. The van der Waals surface area contributed by atoms with Gasteiger partial charge in [0, 0.05) is 56.2 Å². The molecule has 1 atom stereocenters. The van der Waals surface area contributed by atoms with Crippen molar-refractivity contribution in [3.63, 3.8) is 0 Å². The standard InChI is InChI=1S/C22H29N5O3/c1-29-17-6-7-18(20(15-17)30-2)19-5-3-10-27(19)16-21(28)25-11-13-26(14-12-25)22-23-8-4-9-24-22/h4,6-9,15,19H,3,5,10-14,16H2,1-2H3/t19-/m1/s1. The predicted molar refractivity (Wildman–Crippen MR) is 114 cm³/mol. The molecule has 1 aromatic carbocycles. The van der Waals surface area contributed by atoms with Gasteiger partial charge in [0.25, 0.3) is 0 Å². The topological polar surface area (TPSA) is 71.0 Å². The normalized spacial score (nSPS) is 19.7. The fraction of sp³-hybridized carbons (Fsp3) is 0.500. The van der Waals surface area contributed by atoms with Gasteiger partial charge in [-0.05, 0) is 31.5 Å². The number of methoxy groups -OCH3 is 2. The molecule has 2 aliphatic rings. The van der Waals surface area contributed by atoms with Crippen molar-refractivity contribution in [3.05, 3.63) is 42.2 Å². The van der Waals surface area contributed by atoms with E-state index in [1.807, 2.05) is 23.1 Å². The first-order chi connectivity index (χ1) is 14.7. The number of nitrogens with zero attached hydrogens (tertiary/aromatic N) is 5. The highest BCUT2D eigenvalue weighted by Gasteiger charge is 2.32. The van der Waals surface area contributed by atoms with Crippen molar-refractivity contribution in [3.8, 4) is 11.5 Å². The van der Waals surface area contributed by atoms with E-state index in [0.29, 0.717) is 19.6 Å². The second-order valence-electron chi connectivity index (χ2n) is 7.65. The van der Waals surface area contributed by atoms with Gasteiger partial charge in [0.15, 0.2) is 0 Å². The maximum atomic E-state index is 13.0. The van der Waals surface area contributed by atoms with Crippen LogP contribution in [0.3, 0.4) is 0 Å². The van der Waals surface area contributed by atoms with Gasteiger partial charge in [0.1, 0.15) is 11.5 Å². The number of carbonyl (C=O) groups excluding carboxylic acids is 1. The summed E-state index contributed by atoms with van der Waals surface area (Å²) in [5.74, 6) is 2.51. The third-order valence-electron chi connectivity index (χ3n) is 5.97. The lowest BCUT2D eigenvalue weighted by atomic mass is 10.0. The molecule has 2 aromatic rings. The van der Waals surface area contributed by atoms with Crippen molar-refractivity contribution in [2.75, 3.05) is 58.4 Å². The SMILES string of the molecule is COc1ccc([C@H]2CCCN2CC(=O)N2CCN(c3ncccn3)CC2)c(OC)c1. The number of hydrogen-bond acceptors (Lipinski definition) is 7. The second-order valence-corrected chi connectivity index (χ2v) is 7.65. The minimum atomic E-state index is 0.183. The van der Waals surface area contributed by atoms with E-state index in [9.17, 15) is 4.79 Å². The van der Waals surface area contributed by atoms with Gasteiger partial charge < -0.3 is 19.3 Å². The number of carbonyl (C=O) groups is 1. The average molecular weight is 412 g/mol. The summed E-state index contributed by atoms with van der Waals surface area (Å²) in [6.45, 7) is 4.25. The molecule has 1 amide bonds. The van der Waals surface area contributed by atoms with Gasteiger partial charge in [-0.3, -0.25) is 9.69 Å². The number of hydrogen-bond donors (Lipinski definition) is 0. The average Bonchev–Trinajstić information content (AvgIpc) is 3.27. The van der Waals surface area contributed by atoms with Gasteiger partial charge in [-0.1, -0.05) is 6.07 Å². The maximum absolute atomic E-state index is 13.0. The molecule has 2 fully saturated rings. The van der Waals surface area contributed by atoms with E-state index in [1.54, 1.807) is 26.6 Å². The number of likely N-dealkylation sites (tertiary alicyclic amines) is 1. The molecule has 0 saturated carbocycles. The zero-order chi connectivity index (χ0) is 20.9. The number of benzene rings is 1. The summed E-state index contributed by atoms with van der Waals surface area (Å²) in [7, 11) is 3.33. The van der Waals surface area contributed by atoms with E-state index < -0.39 is 0 Å². The van der Waals surface area contributed by atoms with Crippen molar-refractivity contribution in [1.29, 1.82) is 0 Å². The van der Waals surface area contributed by atoms with Crippen molar-refractivity contribution in [1.82, 2.24) is 19.8 Å². The van der Waals surface area contributed by atoms with Crippen molar-refractivity contribution >= 4 is 11.9 Å². The molecule has 4 rings (SSSR count). The number of amides is 1. The van der Waals surface area contributed by atoms with Gasteiger partial charge >= 0.3 is 0 Å². The zero-order valence-electron chi connectivity index (χ0n) is 17.7. The lowest BCUT2D eigenvalue weighted by Gasteiger charge is -2.36. The highest BCUT2D eigenvalue weighted by Crippen LogP contribution is 2.38. The molecule has 0 aliphatic carbocycles. The molecule has 160 valence electrons. The van der Waals surface area contributed by atoms with E-state index >= 15 is 0 Å². The fourth-order valence-electron chi connectivity index (χ4n) is 4.35. The Hall–Kier alpha value is -2.87. The molecule has 0 unspecified atom stereocenters. The first-order valence-electron chi connectivity index (χ1n) is 10.5. The number of ether oxygens (including phenoxy) is 2. The van der Waals surface area contributed by atoms with Crippen LogP contribution in [0, 0.1) is 0 Å². The Morgan fingerprint density at radius 3 is 2.53 bits per heavy atom. The van der Waals surface area contributed by atoms with Gasteiger partial charge in [0.05, 0.1) is 20.8 Å². The molecule has 1 aromatic heterocycles. The third kappa shape index (κ3) is 4.33. The summed E-state index contributed by atoms with van der Waals surface area (Å²) in [6, 6.07) is 7.94. The predicted octanol–water partition coefficient (Wildman–Crippen LogP) is 1.98. The first-order valence-corrected chi connectivity index (χ1v) is 10.5. The number of aromatic nitrogens is 2. The highest BCUT2D eigenvalue weighted by molar-refractivity contribution is 5.78. The minimum absolute atomic E-state index is 0.183. The van der Waals surface area contributed by atoms with Gasteiger partial charge in [0.2, 0.25) is 11.9 Å². The van der Waals surface area contributed by atoms with Crippen LogP contribution in [0.1, 0.15) is 24.4 Å². The van der Waals surface area contributed by atoms with E-state index in [0.717, 1.165) is 55.5 Å². The number of rotatable bonds is 6. The Kier molecular flexibility index (Phi) is 6.32. The molecule has 0 N–H and O–H groups in total. The quantitative estimate of drug-likeness (QED) is 0.720. The summed E-state index contributed by atoms with van der Waals surface area (Å²) in [4.78, 5) is 28.0. The van der Waals surface area contributed by atoms with Crippen LogP contribution in [0.15, 0.2) is 36.7 Å². The Morgan fingerprint density at radius 2 is 1.83 bits per heavy atom. The Labute approximate surface area is 177 Å². The molecule has 8 heteroatoms. The van der Waals surface area contributed by atoms with Gasteiger partial charge in [-0.2, -0.15) is 0 Å².